The summed E-state index contributed by atoms with van der Waals surface area (Å²) >= 11 is 6.12. The van der Waals surface area contributed by atoms with Gasteiger partial charge in [0.2, 0.25) is 0 Å². The van der Waals surface area contributed by atoms with E-state index in [4.69, 9.17) is 25.9 Å². The molecule has 0 bridgehead atoms. The predicted octanol–water partition coefficient (Wildman–Crippen LogP) is 3.45. The average molecular weight is 414 g/mol. The van der Waals surface area contributed by atoms with E-state index in [0.717, 1.165) is 0 Å². The van der Waals surface area contributed by atoms with Crippen LogP contribution in [-0.4, -0.2) is 40.1 Å². The molecule has 2 aromatic carbocycles. The molecule has 0 aliphatic rings. The highest BCUT2D eigenvalue weighted by molar-refractivity contribution is 7.89. The van der Waals surface area contributed by atoms with Crippen LogP contribution in [-0.2, 0) is 19.6 Å². The highest BCUT2D eigenvalue weighted by Gasteiger charge is 2.27. The number of methoxy groups -OCH3 is 1. The summed E-state index contributed by atoms with van der Waals surface area (Å²) in [6, 6.07) is 11.0. The Kier molecular flexibility index (Phi) is 6.83. The molecule has 2 aromatic rings. The van der Waals surface area contributed by atoms with E-state index in [1.54, 1.807) is 31.2 Å². The van der Waals surface area contributed by atoms with E-state index in [1.165, 1.54) is 39.5 Å². The molecular weight excluding hydrogens is 394 g/mol. The molecule has 146 valence electrons. The van der Waals surface area contributed by atoms with Crippen molar-refractivity contribution in [3.8, 4) is 5.75 Å². The third-order valence-corrected chi connectivity index (χ3v) is 5.94. The smallest absolute Gasteiger partial charge is 0.338 e. The normalized spacial score (nSPS) is 12.7. The van der Waals surface area contributed by atoms with Crippen LogP contribution in [0.2, 0.25) is 5.02 Å². The maximum atomic E-state index is 12.6. The molecule has 2 rings (SSSR count). The van der Waals surface area contributed by atoms with E-state index in [9.17, 15) is 13.2 Å². The van der Waals surface area contributed by atoms with E-state index >= 15 is 0 Å². The van der Waals surface area contributed by atoms with Gasteiger partial charge in [0.1, 0.15) is 16.7 Å². The fourth-order valence-corrected chi connectivity index (χ4v) is 3.78. The van der Waals surface area contributed by atoms with Crippen molar-refractivity contribution in [2.75, 3.05) is 21.3 Å². The van der Waals surface area contributed by atoms with E-state index in [2.05, 4.69) is 0 Å². The Labute approximate surface area is 163 Å². The minimum atomic E-state index is -4.02. The lowest BCUT2D eigenvalue weighted by molar-refractivity contribution is -0.0259. The molecule has 0 saturated carbocycles. The first-order chi connectivity index (χ1) is 12.7. The second-order valence-electron chi connectivity index (χ2n) is 5.53. The Morgan fingerprint density at radius 3 is 2.41 bits per heavy atom. The van der Waals surface area contributed by atoms with Crippen LogP contribution in [0.5, 0.6) is 5.75 Å². The summed E-state index contributed by atoms with van der Waals surface area (Å²) in [5.74, 6) is -0.615. The SMILES string of the molecule is COc1ccc(C(=O)O[C@@H](C)c2ccccc2Cl)cc1S(=O)(=O)N(C)OC. The lowest BCUT2D eigenvalue weighted by Gasteiger charge is -2.18. The van der Waals surface area contributed by atoms with Crippen LogP contribution in [0.1, 0.15) is 28.9 Å². The average Bonchev–Trinajstić information content (AvgIpc) is 2.66. The molecule has 0 aliphatic heterocycles. The summed E-state index contributed by atoms with van der Waals surface area (Å²) in [4.78, 5) is 17.1. The number of hydroxylamine groups is 1. The summed E-state index contributed by atoms with van der Waals surface area (Å²) in [5.41, 5.74) is 0.700. The zero-order valence-corrected chi connectivity index (χ0v) is 16.9. The van der Waals surface area contributed by atoms with Crippen LogP contribution in [0.3, 0.4) is 0 Å². The van der Waals surface area contributed by atoms with E-state index < -0.39 is 22.1 Å². The maximum absolute atomic E-state index is 12.6. The first-order valence-electron chi connectivity index (χ1n) is 7.88. The molecule has 0 amide bonds. The molecule has 0 fully saturated rings. The Hall–Kier alpha value is -2.13. The largest absolute Gasteiger partial charge is 0.495 e. The van der Waals surface area contributed by atoms with E-state index in [-0.39, 0.29) is 16.2 Å². The van der Waals surface area contributed by atoms with Gasteiger partial charge in [-0.25, -0.2) is 13.2 Å². The second-order valence-corrected chi connectivity index (χ2v) is 7.84. The number of sulfonamides is 1. The van der Waals surface area contributed by atoms with Crippen LogP contribution in [0.25, 0.3) is 0 Å². The molecule has 0 heterocycles. The van der Waals surface area contributed by atoms with Gasteiger partial charge in [-0.1, -0.05) is 34.3 Å². The first-order valence-corrected chi connectivity index (χ1v) is 9.70. The van der Waals surface area contributed by atoms with Gasteiger partial charge >= 0.3 is 5.97 Å². The topological polar surface area (TPSA) is 82.1 Å². The summed E-state index contributed by atoms with van der Waals surface area (Å²) in [6.45, 7) is 1.68. The third-order valence-electron chi connectivity index (χ3n) is 3.90. The fraction of sp³-hybridized carbons (Fsp3) is 0.278. The van der Waals surface area contributed by atoms with Gasteiger partial charge in [0.15, 0.2) is 0 Å². The van der Waals surface area contributed by atoms with Crippen LogP contribution in [0.15, 0.2) is 47.4 Å². The van der Waals surface area contributed by atoms with Crippen molar-refractivity contribution in [1.29, 1.82) is 0 Å². The number of hydrogen-bond acceptors (Lipinski definition) is 6. The zero-order chi connectivity index (χ0) is 20.2. The van der Waals surface area contributed by atoms with Gasteiger partial charge in [0, 0.05) is 17.6 Å². The van der Waals surface area contributed by atoms with Crippen LogP contribution < -0.4 is 4.74 Å². The Balaban J connectivity index is 2.35. The third kappa shape index (κ3) is 4.59. The molecule has 1 atom stereocenters. The summed E-state index contributed by atoms with van der Waals surface area (Å²) in [5, 5.41) is 0.470. The van der Waals surface area contributed by atoms with Crippen molar-refractivity contribution in [2.24, 2.45) is 0 Å². The monoisotopic (exact) mass is 413 g/mol. The number of esters is 1. The second kappa shape index (κ2) is 8.71. The molecule has 0 unspecified atom stereocenters. The van der Waals surface area contributed by atoms with E-state index in [0.29, 0.717) is 15.1 Å². The van der Waals surface area contributed by atoms with Crippen LogP contribution in [0, 0.1) is 0 Å². The highest BCUT2D eigenvalue weighted by atomic mass is 35.5. The van der Waals surface area contributed by atoms with Gasteiger partial charge in [0.05, 0.1) is 19.8 Å². The summed E-state index contributed by atoms with van der Waals surface area (Å²) in [7, 11) is -0.235. The minimum Gasteiger partial charge on any atom is -0.495 e. The number of halogens is 1. The number of hydrogen-bond donors (Lipinski definition) is 0. The quantitative estimate of drug-likeness (QED) is 0.510. The van der Waals surface area contributed by atoms with Crippen molar-refractivity contribution in [3.63, 3.8) is 0 Å². The van der Waals surface area contributed by atoms with Crippen LogP contribution >= 0.6 is 11.6 Å². The van der Waals surface area contributed by atoms with Gasteiger partial charge in [-0.3, -0.25) is 4.84 Å². The lowest BCUT2D eigenvalue weighted by Crippen LogP contribution is -2.26. The van der Waals surface area contributed by atoms with E-state index in [1.807, 2.05) is 0 Å². The van der Waals surface area contributed by atoms with Crippen molar-refractivity contribution in [1.82, 2.24) is 4.47 Å². The molecule has 0 spiro atoms. The van der Waals surface area contributed by atoms with Crippen molar-refractivity contribution in [2.45, 2.75) is 17.9 Å². The number of ether oxygens (including phenoxy) is 2. The highest BCUT2D eigenvalue weighted by Crippen LogP contribution is 2.29. The molecule has 7 nitrogen and oxygen atoms in total. The standard InChI is InChI=1S/C18H20ClNO6S/c1-12(14-7-5-6-8-15(14)19)26-18(21)13-9-10-16(24-3)17(11-13)27(22,23)20(2)25-4/h5-12H,1-4H3/t12-/m0/s1. The molecule has 0 N–H and O–H groups in total. The fourth-order valence-electron chi connectivity index (χ4n) is 2.34. The number of carbonyl (C=O) groups excluding carboxylic acids is 1. The number of benzene rings is 2. The maximum Gasteiger partial charge on any atom is 0.338 e. The summed E-state index contributed by atoms with van der Waals surface area (Å²) in [6.07, 6.45) is -0.616. The van der Waals surface area contributed by atoms with Gasteiger partial charge in [-0.2, -0.15) is 0 Å². The Morgan fingerprint density at radius 1 is 1.15 bits per heavy atom. The Bertz CT molecular complexity index is 931. The van der Waals surface area contributed by atoms with Gasteiger partial charge in [0.25, 0.3) is 10.0 Å². The molecule has 9 heteroatoms. The van der Waals surface area contributed by atoms with Crippen molar-refractivity contribution < 1.29 is 27.5 Å². The number of nitrogens with zero attached hydrogens (tertiary/aromatic N) is 1. The van der Waals surface area contributed by atoms with Gasteiger partial charge < -0.3 is 9.47 Å². The predicted molar refractivity (Wildman–Crippen MR) is 100 cm³/mol. The van der Waals surface area contributed by atoms with Gasteiger partial charge in [-0.15, -0.1) is 0 Å². The number of carbonyl (C=O) groups is 1. The first kappa shape index (κ1) is 21.2. The minimum absolute atomic E-state index is 0.0535. The molecule has 0 aromatic heterocycles. The molecule has 0 aliphatic carbocycles. The van der Waals surface area contributed by atoms with Crippen LogP contribution in [0.4, 0.5) is 0 Å². The van der Waals surface area contributed by atoms with Crippen molar-refractivity contribution in [3.05, 3.63) is 58.6 Å². The summed E-state index contributed by atoms with van der Waals surface area (Å²) < 4.78 is 36.3. The molecular formula is C18H20ClNO6S. The zero-order valence-electron chi connectivity index (χ0n) is 15.3. The lowest BCUT2D eigenvalue weighted by atomic mass is 10.1. The Morgan fingerprint density at radius 2 is 1.81 bits per heavy atom. The molecule has 0 radical (unpaired) electrons. The number of rotatable bonds is 7. The molecule has 0 saturated heterocycles. The van der Waals surface area contributed by atoms with Crippen molar-refractivity contribution >= 4 is 27.6 Å². The van der Waals surface area contributed by atoms with Gasteiger partial charge in [-0.05, 0) is 31.2 Å². The molecule has 27 heavy (non-hydrogen) atoms.